The first kappa shape index (κ1) is 21.1. The molecule has 6 heteroatoms. The van der Waals surface area contributed by atoms with Crippen molar-refractivity contribution in [2.24, 2.45) is 0 Å². The van der Waals surface area contributed by atoms with Crippen LogP contribution in [-0.4, -0.2) is 29.4 Å². The van der Waals surface area contributed by atoms with Crippen molar-refractivity contribution in [1.82, 2.24) is 0 Å². The van der Waals surface area contributed by atoms with Crippen LogP contribution in [0.4, 0.5) is 0 Å². The molecule has 136 valence electrons. The Labute approximate surface area is 148 Å². The van der Waals surface area contributed by atoms with E-state index >= 15 is 0 Å². The Bertz CT molecular complexity index is 670. The van der Waals surface area contributed by atoms with Crippen molar-refractivity contribution in [3.8, 4) is 0 Å². The van der Waals surface area contributed by atoms with E-state index in [1.165, 1.54) is 0 Å². The van der Waals surface area contributed by atoms with E-state index < -0.39 is 18.4 Å². The molecule has 0 N–H and O–H groups in total. The molecule has 1 unspecified atom stereocenters. The Morgan fingerprint density at radius 1 is 1.21 bits per heavy atom. The third-order valence-corrected chi connectivity index (χ3v) is 10.4. The largest absolute Gasteiger partial charge is 0.410 e. The van der Waals surface area contributed by atoms with E-state index in [0.29, 0.717) is 5.57 Å². The summed E-state index contributed by atoms with van der Waals surface area (Å²) in [6.45, 7) is 18.4. The Kier molecular flexibility index (Phi) is 6.60. The number of benzene rings is 1. The summed E-state index contributed by atoms with van der Waals surface area (Å²) in [4.78, 5) is 0.152. The first-order valence-electron chi connectivity index (χ1n) is 8.08. The maximum Gasteiger partial charge on any atom is 0.297 e. The molecule has 0 heterocycles. The molecule has 24 heavy (non-hydrogen) atoms. The summed E-state index contributed by atoms with van der Waals surface area (Å²) in [7, 11) is -5.72. The highest BCUT2D eigenvalue weighted by Gasteiger charge is 2.38. The average Bonchev–Trinajstić information content (AvgIpc) is 2.43. The molecule has 0 radical (unpaired) electrons. The zero-order valence-electron chi connectivity index (χ0n) is 15.8. The van der Waals surface area contributed by atoms with Crippen LogP contribution in [0.2, 0.25) is 18.1 Å². The molecule has 1 aromatic rings. The highest BCUT2D eigenvalue weighted by Crippen LogP contribution is 2.37. The third-order valence-electron chi connectivity index (χ3n) is 4.56. The van der Waals surface area contributed by atoms with Crippen molar-refractivity contribution in [2.45, 2.75) is 63.8 Å². The first-order valence-corrected chi connectivity index (χ1v) is 12.4. The molecule has 0 bridgehead atoms. The molecule has 1 rings (SSSR count). The summed E-state index contributed by atoms with van der Waals surface area (Å²) in [5.74, 6) is 0. The van der Waals surface area contributed by atoms with Gasteiger partial charge in [-0.15, -0.1) is 0 Å². The predicted molar refractivity (Wildman–Crippen MR) is 101 cm³/mol. The van der Waals surface area contributed by atoms with Crippen LogP contribution < -0.4 is 0 Å². The summed E-state index contributed by atoms with van der Waals surface area (Å²) in [6.07, 6.45) is -0.251. The van der Waals surface area contributed by atoms with Gasteiger partial charge in [0.25, 0.3) is 10.1 Å². The molecule has 1 atom stereocenters. The van der Waals surface area contributed by atoms with Crippen molar-refractivity contribution in [2.75, 3.05) is 6.61 Å². The van der Waals surface area contributed by atoms with Gasteiger partial charge in [0.1, 0.15) is 0 Å². The van der Waals surface area contributed by atoms with Gasteiger partial charge in [-0.3, -0.25) is 4.18 Å². The number of aryl methyl sites for hydroxylation is 1. The van der Waals surface area contributed by atoms with Crippen molar-refractivity contribution >= 4 is 18.4 Å². The molecule has 0 saturated heterocycles. The van der Waals surface area contributed by atoms with Gasteiger partial charge in [-0.1, -0.05) is 45.0 Å². The fourth-order valence-electron chi connectivity index (χ4n) is 1.75. The van der Waals surface area contributed by atoms with Gasteiger partial charge in [0.15, 0.2) is 8.32 Å². The lowest BCUT2D eigenvalue weighted by Crippen LogP contribution is -2.43. The van der Waals surface area contributed by atoms with Crippen LogP contribution in [0.3, 0.4) is 0 Å². The molecule has 0 saturated carbocycles. The summed E-state index contributed by atoms with van der Waals surface area (Å²) >= 11 is 0. The summed E-state index contributed by atoms with van der Waals surface area (Å²) in [5, 5.41) is 0.0797. The van der Waals surface area contributed by atoms with Crippen LogP contribution in [0, 0.1) is 6.92 Å². The lowest BCUT2D eigenvalue weighted by atomic mass is 10.2. The van der Waals surface area contributed by atoms with Gasteiger partial charge in [-0.2, -0.15) is 8.42 Å². The number of rotatable bonds is 7. The van der Waals surface area contributed by atoms with E-state index in [-0.39, 0.29) is 22.6 Å². The fourth-order valence-corrected chi connectivity index (χ4v) is 4.06. The van der Waals surface area contributed by atoms with Gasteiger partial charge in [-0.25, -0.2) is 0 Å². The van der Waals surface area contributed by atoms with Crippen LogP contribution in [0.25, 0.3) is 0 Å². The van der Waals surface area contributed by atoms with E-state index in [1.54, 1.807) is 24.3 Å². The standard InChI is InChI=1S/C18H30O4SSi/c1-14-9-11-17(12-10-14)23(19,20)21-13-15(2)16(3)22-24(7,8)18(4,5)6/h9-12,16H,2,13H2,1,3-8H3. The molecular weight excluding hydrogens is 340 g/mol. The molecule has 0 spiro atoms. The monoisotopic (exact) mass is 370 g/mol. The minimum atomic E-state index is -3.78. The van der Waals surface area contributed by atoms with E-state index in [9.17, 15) is 8.42 Å². The summed E-state index contributed by atoms with van der Waals surface area (Å²) in [6, 6.07) is 6.58. The second kappa shape index (κ2) is 7.52. The molecule has 0 fully saturated rings. The summed E-state index contributed by atoms with van der Waals surface area (Å²) < 4.78 is 35.8. The normalized spacial score (nSPS) is 14.5. The van der Waals surface area contributed by atoms with Gasteiger partial charge in [0, 0.05) is 0 Å². The minimum Gasteiger partial charge on any atom is -0.410 e. The van der Waals surface area contributed by atoms with Gasteiger partial charge in [-0.05, 0) is 49.7 Å². The molecular formula is C18H30O4SSi. The molecule has 0 aliphatic rings. The van der Waals surface area contributed by atoms with Gasteiger partial charge in [0.05, 0.1) is 17.6 Å². The second-order valence-corrected chi connectivity index (χ2v) is 14.1. The highest BCUT2D eigenvalue weighted by molar-refractivity contribution is 7.86. The average molecular weight is 371 g/mol. The van der Waals surface area contributed by atoms with E-state index in [1.807, 2.05) is 13.8 Å². The maximum absolute atomic E-state index is 12.2. The molecule has 0 amide bonds. The molecule has 0 aromatic heterocycles. The lowest BCUT2D eigenvalue weighted by molar-refractivity contribution is 0.213. The molecule has 4 nitrogen and oxygen atoms in total. The van der Waals surface area contributed by atoms with Crippen molar-refractivity contribution in [3.05, 3.63) is 42.0 Å². The second-order valence-electron chi connectivity index (χ2n) is 7.71. The quantitative estimate of drug-likeness (QED) is 0.398. The van der Waals surface area contributed by atoms with Gasteiger partial charge < -0.3 is 4.43 Å². The van der Waals surface area contributed by atoms with Gasteiger partial charge in [0.2, 0.25) is 0 Å². The Morgan fingerprint density at radius 3 is 2.17 bits per heavy atom. The van der Waals surface area contributed by atoms with E-state index in [4.69, 9.17) is 8.61 Å². The SMILES string of the molecule is C=C(COS(=O)(=O)c1ccc(C)cc1)C(C)O[Si](C)(C)C(C)(C)C. The van der Waals surface area contributed by atoms with Crippen LogP contribution in [-0.2, 0) is 18.7 Å². The number of hydrogen-bond acceptors (Lipinski definition) is 4. The maximum atomic E-state index is 12.2. The first-order chi connectivity index (χ1) is 10.8. The van der Waals surface area contributed by atoms with Crippen molar-refractivity contribution in [3.63, 3.8) is 0 Å². The van der Waals surface area contributed by atoms with E-state index in [0.717, 1.165) is 5.56 Å². The zero-order valence-corrected chi connectivity index (χ0v) is 17.7. The Morgan fingerprint density at radius 2 is 1.71 bits per heavy atom. The van der Waals surface area contributed by atoms with Crippen LogP contribution >= 0.6 is 0 Å². The minimum absolute atomic E-state index is 0.0774. The fraction of sp³-hybridized carbons (Fsp3) is 0.556. The topological polar surface area (TPSA) is 52.6 Å². The van der Waals surface area contributed by atoms with Crippen LogP contribution in [0.5, 0.6) is 0 Å². The van der Waals surface area contributed by atoms with Crippen LogP contribution in [0.15, 0.2) is 41.3 Å². The third kappa shape index (κ3) is 5.55. The smallest absolute Gasteiger partial charge is 0.297 e. The molecule has 1 aromatic carbocycles. The lowest BCUT2D eigenvalue weighted by Gasteiger charge is -2.38. The predicted octanol–water partition coefficient (Wildman–Crippen LogP) is 4.67. The molecule has 0 aliphatic heterocycles. The van der Waals surface area contributed by atoms with Crippen LogP contribution in [0.1, 0.15) is 33.3 Å². The van der Waals surface area contributed by atoms with Crippen molar-refractivity contribution < 1.29 is 17.0 Å². The zero-order chi connectivity index (χ0) is 18.8. The van der Waals surface area contributed by atoms with Gasteiger partial charge >= 0.3 is 0 Å². The number of hydrogen-bond donors (Lipinski definition) is 0. The molecule has 0 aliphatic carbocycles. The van der Waals surface area contributed by atoms with Crippen molar-refractivity contribution in [1.29, 1.82) is 0 Å². The van der Waals surface area contributed by atoms with E-state index in [2.05, 4.69) is 40.4 Å². The Balaban J connectivity index is 2.70. The highest BCUT2D eigenvalue weighted by atomic mass is 32.2. The Hall–Kier alpha value is -0.953. The summed E-state index contributed by atoms with van der Waals surface area (Å²) in [5.41, 5.74) is 1.62.